The van der Waals surface area contributed by atoms with E-state index in [9.17, 15) is 0 Å². The summed E-state index contributed by atoms with van der Waals surface area (Å²) in [5, 5.41) is 6.90. The van der Waals surface area contributed by atoms with Gasteiger partial charge in [-0.25, -0.2) is 0 Å². The third kappa shape index (κ3) is 9.09. The number of benzene rings is 1. The van der Waals surface area contributed by atoms with E-state index < -0.39 is 0 Å². The quantitative estimate of drug-likeness (QED) is 0.203. The number of nitrogens with one attached hydrogen (secondary N) is 2. The van der Waals surface area contributed by atoms with Crippen LogP contribution in [0.15, 0.2) is 29.3 Å². The van der Waals surface area contributed by atoms with Crippen LogP contribution in [0.4, 0.5) is 0 Å². The van der Waals surface area contributed by atoms with Gasteiger partial charge in [0.15, 0.2) is 5.96 Å². The van der Waals surface area contributed by atoms with Gasteiger partial charge in [-0.1, -0.05) is 32.0 Å². The minimum absolute atomic E-state index is 0. The first-order valence-electron chi connectivity index (χ1n) is 10.5. The summed E-state index contributed by atoms with van der Waals surface area (Å²) in [4.78, 5) is 6.91. The van der Waals surface area contributed by atoms with Gasteiger partial charge in [0.2, 0.25) is 0 Å². The van der Waals surface area contributed by atoms with Crippen LogP contribution in [0.3, 0.4) is 0 Å². The van der Waals surface area contributed by atoms with Crippen LogP contribution < -0.4 is 15.4 Å². The van der Waals surface area contributed by atoms with Gasteiger partial charge >= 0.3 is 0 Å². The maximum absolute atomic E-state index is 5.64. The first kappa shape index (κ1) is 26.0. The zero-order chi connectivity index (χ0) is 20.2. The van der Waals surface area contributed by atoms with Crippen LogP contribution in [0, 0.1) is 5.92 Å². The highest BCUT2D eigenvalue weighted by Crippen LogP contribution is 2.31. The molecule has 1 fully saturated rings. The number of hydrogen-bond donors (Lipinski definition) is 2. The zero-order valence-electron chi connectivity index (χ0n) is 18.4. The lowest BCUT2D eigenvalue weighted by Gasteiger charge is -2.30. The fourth-order valence-corrected chi connectivity index (χ4v) is 3.54. The van der Waals surface area contributed by atoms with Crippen molar-refractivity contribution in [2.75, 3.05) is 53.6 Å². The van der Waals surface area contributed by atoms with Crippen molar-refractivity contribution < 1.29 is 9.47 Å². The van der Waals surface area contributed by atoms with Crippen LogP contribution >= 0.6 is 24.0 Å². The zero-order valence-corrected chi connectivity index (χ0v) is 20.8. The van der Waals surface area contributed by atoms with Gasteiger partial charge in [0.25, 0.3) is 0 Å². The van der Waals surface area contributed by atoms with Gasteiger partial charge in [0.05, 0.1) is 13.2 Å². The predicted octanol–water partition coefficient (Wildman–Crippen LogP) is 3.68. The lowest BCUT2D eigenvalue weighted by atomic mass is 10.0. The Morgan fingerprint density at radius 1 is 1.17 bits per heavy atom. The minimum Gasteiger partial charge on any atom is -0.496 e. The van der Waals surface area contributed by atoms with Crippen molar-refractivity contribution in [3.05, 3.63) is 29.8 Å². The molecule has 2 rings (SSSR count). The van der Waals surface area contributed by atoms with Gasteiger partial charge in [-0.05, 0) is 44.3 Å². The van der Waals surface area contributed by atoms with E-state index in [0.717, 1.165) is 57.5 Å². The van der Waals surface area contributed by atoms with Gasteiger partial charge in [-0.15, -0.1) is 24.0 Å². The number of aliphatic imine (C=N–C) groups is 1. The van der Waals surface area contributed by atoms with Crippen LogP contribution in [-0.4, -0.2) is 64.4 Å². The number of hydrogen-bond acceptors (Lipinski definition) is 4. The Labute approximate surface area is 193 Å². The maximum atomic E-state index is 5.64. The Hall–Kier alpha value is -1.06. The molecule has 0 bridgehead atoms. The Kier molecular flexibility index (Phi) is 13.3. The summed E-state index contributed by atoms with van der Waals surface area (Å²) in [6.45, 7) is 9.84. The Morgan fingerprint density at radius 3 is 2.55 bits per heavy atom. The van der Waals surface area contributed by atoms with Crippen LogP contribution in [-0.2, 0) is 4.74 Å². The number of rotatable bonds is 11. The molecular weight excluding hydrogens is 479 g/mol. The van der Waals surface area contributed by atoms with E-state index in [2.05, 4.69) is 46.5 Å². The topological polar surface area (TPSA) is 58.1 Å². The minimum atomic E-state index is 0. The monoisotopic (exact) mass is 518 g/mol. The summed E-state index contributed by atoms with van der Waals surface area (Å²) in [5.74, 6) is 2.37. The van der Waals surface area contributed by atoms with E-state index in [-0.39, 0.29) is 30.0 Å². The molecule has 1 aliphatic rings. The molecule has 7 heteroatoms. The summed E-state index contributed by atoms with van der Waals surface area (Å²) in [7, 11) is 3.56. The average Bonchev–Trinajstić information content (AvgIpc) is 3.23. The fourth-order valence-electron chi connectivity index (χ4n) is 3.54. The Morgan fingerprint density at radius 2 is 1.90 bits per heavy atom. The number of methoxy groups -OCH3 is 1. The van der Waals surface area contributed by atoms with E-state index in [1.807, 2.05) is 19.2 Å². The molecule has 2 N–H and O–H groups in total. The first-order valence-corrected chi connectivity index (χ1v) is 10.5. The highest BCUT2D eigenvalue weighted by atomic mass is 127. The molecule has 1 aromatic carbocycles. The molecule has 166 valence electrons. The molecule has 1 atom stereocenters. The molecular formula is C22H39IN4O2. The normalized spacial score (nSPS) is 15.8. The lowest BCUT2D eigenvalue weighted by molar-refractivity contribution is 0.108. The molecule has 0 aromatic heterocycles. The molecule has 29 heavy (non-hydrogen) atoms. The summed E-state index contributed by atoms with van der Waals surface area (Å²) in [6.07, 6.45) is 3.49. The second-order valence-electron chi connectivity index (χ2n) is 7.70. The smallest absolute Gasteiger partial charge is 0.191 e. The molecule has 1 unspecified atom stereocenters. The van der Waals surface area contributed by atoms with Gasteiger partial charge < -0.3 is 20.1 Å². The molecule has 0 amide bonds. The summed E-state index contributed by atoms with van der Waals surface area (Å²) in [5.41, 5.74) is 1.23. The van der Waals surface area contributed by atoms with Gasteiger partial charge in [0, 0.05) is 38.9 Å². The van der Waals surface area contributed by atoms with E-state index >= 15 is 0 Å². The van der Waals surface area contributed by atoms with Crippen molar-refractivity contribution in [3.8, 4) is 5.75 Å². The second kappa shape index (κ2) is 14.8. The third-order valence-corrected chi connectivity index (χ3v) is 4.97. The van der Waals surface area contributed by atoms with Crippen LogP contribution in [0.2, 0.25) is 0 Å². The van der Waals surface area contributed by atoms with E-state index in [1.165, 1.54) is 18.4 Å². The van der Waals surface area contributed by atoms with E-state index in [1.54, 1.807) is 7.11 Å². The van der Waals surface area contributed by atoms with Crippen molar-refractivity contribution in [3.63, 3.8) is 0 Å². The van der Waals surface area contributed by atoms with Gasteiger partial charge in [0.1, 0.15) is 5.75 Å². The highest BCUT2D eigenvalue weighted by molar-refractivity contribution is 14.0. The molecule has 0 radical (unpaired) electrons. The number of nitrogens with zero attached hydrogens (tertiary/aromatic N) is 2. The van der Waals surface area contributed by atoms with Crippen molar-refractivity contribution >= 4 is 29.9 Å². The number of ether oxygens (including phenoxy) is 2. The predicted molar refractivity (Wildman–Crippen MR) is 132 cm³/mol. The lowest BCUT2D eigenvalue weighted by Crippen LogP contribution is -2.43. The third-order valence-electron chi connectivity index (χ3n) is 4.97. The fraction of sp³-hybridized carbons (Fsp3) is 0.682. The largest absolute Gasteiger partial charge is 0.496 e. The van der Waals surface area contributed by atoms with Gasteiger partial charge in [-0.2, -0.15) is 0 Å². The van der Waals surface area contributed by atoms with Crippen molar-refractivity contribution in [2.24, 2.45) is 10.9 Å². The molecule has 0 saturated carbocycles. The van der Waals surface area contributed by atoms with E-state index in [0.29, 0.717) is 5.92 Å². The van der Waals surface area contributed by atoms with Crippen LogP contribution in [0.5, 0.6) is 5.75 Å². The van der Waals surface area contributed by atoms with Crippen molar-refractivity contribution in [2.45, 2.75) is 39.2 Å². The molecule has 0 spiro atoms. The first-order chi connectivity index (χ1) is 13.7. The average molecular weight is 518 g/mol. The van der Waals surface area contributed by atoms with Crippen molar-refractivity contribution in [1.82, 2.24) is 15.5 Å². The molecule has 1 aliphatic heterocycles. The summed E-state index contributed by atoms with van der Waals surface area (Å²) in [6, 6.07) is 8.60. The van der Waals surface area contributed by atoms with Crippen molar-refractivity contribution in [1.29, 1.82) is 0 Å². The molecule has 0 aliphatic carbocycles. The van der Waals surface area contributed by atoms with E-state index in [4.69, 9.17) is 9.47 Å². The Bertz CT molecular complexity index is 592. The maximum Gasteiger partial charge on any atom is 0.191 e. The molecule has 1 aromatic rings. The Balaban J connectivity index is 0.00000420. The van der Waals surface area contributed by atoms with Crippen LogP contribution in [0.1, 0.15) is 44.7 Å². The molecule has 6 nitrogen and oxygen atoms in total. The number of para-hydroxylation sites is 1. The number of guanidine groups is 1. The summed E-state index contributed by atoms with van der Waals surface area (Å²) >= 11 is 0. The standard InChI is InChI=1S/C22H38N4O2.HI/c1-18(2)17-28-15-9-12-24-22(23-3)25-16-20(26-13-7-8-14-26)19-10-5-6-11-21(19)27-4;/h5-6,10-11,18,20H,7-9,12-17H2,1-4H3,(H2,23,24,25);1H. The number of likely N-dealkylation sites (tertiary alicyclic amines) is 1. The molecule has 1 heterocycles. The van der Waals surface area contributed by atoms with Crippen LogP contribution in [0.25, 0.3) is 0 Å². The SMILES string of the molecule is CN=C(NCCCOCC(C)C)NCC(c1ccccc1OC)N1CCCC1.I. The molecule has 1 saturated heterocycles. The van der Waals surface area contributed by atoms with Gasteiger partial charge in [-0.3, -0.25) is 9.89 Å². The summed E-state index contributed by atoms with van der Waals surface area (Å²) < 4.78 is 11.3. The number of halogens is 1. The highest BCUT2D eigenvalue weighted by Gasteiger charge is 2.25. The second-order valence-corrected chi connectivity index (χ2v) is 7.70.